The molecule has 2 nitrogen and oxygen atoms in total. The lowest BCUT2D eigenvalue weighted by Gasteiger charge is -2.04. The summed E-state index contributed by atoms with van der Waals surface area (Å²) in [5.41, 5.74) is 2.53. The van der Waals surface area contributed by atoms with Crippen LogP contribution in [0, 0.1) is 12.3 Å². The van der Waals surface area contributed by atoms with E-state index in [-0.39, 0.29) is 0 Å². The Hall–Kier alpha value is -1.72. The maximum absolute atomic E-state index is 5.34. The molecule has 0 aliphatic carbocycles. The Bertz CT molecular complexity index is 531. The number of hydrogen-bond donors (Lipinski definition) is 1. The molecule has 1 aromatic carbocycles. The largest absolute Gasteiger partial charge is 0.336 e. The lowest BCUT2D eigenvalue weighted by atomic mass is 10.1. The zero-order valence-corrected chi connectivity index (χ0v) is 10.2. The average molecular weight is 226 g/mol. The molecule has 0 radical (unpaired) electrons. The van der Waals surface area contributed by atoms with Gasteiger partial charge in [-0.25, -0.2) is 0 Å². The summed E-state index contributed by atoms with van der Waals surface area (Å²) in [5, 5.41) is 4.67. The van der Waals surface area contributed by atoms with Crippen LogP contribution in [0.2, 0.25) is 0 Å². The normalized spacial score (nSPS) is 10.6. The summed E-state index contributed by atoms with van der Waals surface area (Å²) in [6.45, 7) is 4.81. The third-order valence-corrected chi connectivity index (χ3v) is 2.85. The molecule has 0 aliphatic heterocycles. The lowest BCUT2D eigenvalue weighted by molar-refractivity contribution is 0.676. The van der Waals surface area contributed by atoms with Gasteiger partial charge in [0.15, 0.2) is 0 Å². The van der Waals surface area contributed by atoms with E-state index in [2.05, 4.69) is 47.0 Å². The summed E-state index contributed by atoms with van der Waals surface area (Å²) in [6.07, 6.45) is 8.56. The first-order valence-corrected chi connectivity index (χ1v) is 6.07. The summed E-state index contributed by atoms with van der Waals surface area (Å²) in [7, 11) is 0. The molecule has 1 heterocycles. The highest BCUT2D eigenvalue weighted by Crippen LogP contribution is 2.17. The highest BCUT2D eigenvalue weighted by molar-refractivity contribution is 5.81. The number of terminal acetylenes is 1. The van der Waals surface area contributed by atoms with Gasteiger partial charge < -0.3 is 9.88 Å². The van der Waals surface area contributed by atoms with Crippen molar-refractivity contribution >= 4 is 10.9 Å². The molecule has 17 heavy (non-hydrogen) atoms. The Morgan fingerprint density at radius 1 is 1.35 bits per heavy atom. The van der Waals surface area contributed by atoms with Crippen molar-refractivity contribution in [2.24, 2.45) is 0 Å². The number of aromatic nitrogens is 1. The van der Waals surface area contributed by atoms with Crippen molar-refractivity contribution in [3.63, 3.8) is 0 Å². The fourth-order valence-electron chi connectivity index (χ4n) is 2.01. The SMILES string of the molecule is C#CCn1ccc2cc(CNCCC)ccc21. The second-order valence-electron chi connectivity index (χ2n) is 4.22. The molecule has 0 bridgehead atoms. The number of nitrogens with one attached hydrogen (secondary N) is 1. The summed E-state index contributed by atoms with van der Waals surface area (Å²) in [4.78, 5) is 0. The van der Waals surface area contributed by atoms with E-state index in [1.807, 2.05) is 6.20 Å². The third kappa shape index (κ3) is 2.69. The molecule has 1 aromatic heterocycles. The van der Waals surface area contributed by atoms with Gasteiger partial charge in [0.05, 0.1) is 6.54 Å². The molecule has 88 valence electrons. The van der Waals surface area contributed by atoms with Crippen molar-refractivity contribution in [1.29, 1.82) is 0 Å². The topological polar surface area (TPSA) is 17.0 Å². The Balaban J connectivity index is 2.18. The minimum Gasteiger partial charge on any atom is -0.336 e. The van der Waals surface area contributed by atoms with Gasteiger partial charge in [-0.2, -0.15) is 0 Å². The molecule has 2 aromatic rings. The van der Waals surface area contributed by atoms with Crippen LogP contribution in [0.3, 0.4) is 0 Å². The maximum Gasteiger partial charge on any atom is 0.0834 e. The smallest absolute Gasteiger partial charge is 0.0834 e. The van der Waals surface area contributed by atoms with Crippen molar-refractivity contribution in [3.8, 4) is 12.3 Å². The minimum absolute atomic E-state index is 0.636. The molecule has 0 aliphatic rings. The second-order valence-corrected chi connectivity index (χ2v) is 4.22. The molecule has 1 N–H and O–H groups in total. The van der Waals surface area contributed by atoms with E-state index in [9.17, 15) is 0 Å². The van der Waals surface area contributed by atoms with Gasteiger partial charge in [-0.3, -0.25) is 0 Å². The van der Waals surface area contributed by atoms with Crippen molar-refractivity contribution in [3.05, 3.63) is 36.0 Å². The first kappa shape index (κ1) is 11.8. The van der Waals surface area contributed by atoms with Gasteiger partial charge in [0.1, 0.15) is 0 Å². The van der Waals surface area contributed by atoms with Crippen molar-refractivity contribution in [2.75, 3.05) is 6.54 Å². The first-order valence-electron chi connectivity index (χ1n) is 6.07. The number of fused-ring (bicyclic) bond motifs is 1. The predicted octanol–water partition coefficient (Wildman–Crippen LogP) is 2.77. The van der Waals surface area contributed by atoms with E-state index in [0.717, 1.165) is 13.1 Å². The highest BCUT2D eigenvalue weighted by atomic mass is 14.9. The highest BCUT2D eigenvalue weighted by Gasteiger charge is 2.01. The van der Waals surface area contributed by atoms with Crippen molar-refractivity contribution in [1.82, 2.24) is 9.88 Å². The van der Waals surface area contributed by atoms with Crippen molar-refractivity contribution < 1.29 is 0 Å². The van der Waals surface area contributed by atoms with Crippen LogP contribution in [0.1, 0.15) is 18.9 Å². The summed E-state index contributed by atoms with van der Waals surface area (Å²) in [6, 6.07) is 8.66. The van der Waals surface area contributed by atoms with E-state index in [0.29, 0.717) is 6.54 Å². The van der Waals surface area contributed by atoms with Gasteiger partial charge in [-0.1, -0.05) is 18.9 Å². The number of rotatable bonds is 5. The minimum atomic E-state index is 0.636. The molecule has 0 amide bonds. The van der Waals surface area contributed by atoms with Crippen LogP contribution in [0.25, 0.3) is 10.9 Å². The Morgan fingerprint density at radius 2 is 2.24 bits per heavy atom. The van der Waals surface area contributed by atoms with Gasteiger partial charge in [0, 0.05) is 18.3 Å². The first-order chi connectivity index (χ1) is 8.35. The van der Waals surface area contributed by atoms with E-state index < -0.39 is 0 Å². The zero-order chi connectivity index (χ0) is 12.1. The fourth-order valence-corrected chi connectivity index (χ4v) is 2.01. The van der Waals surface area contributed by atoms with Gasteiger partial charge in [0.2, 0.25) is 0 Å². The van der Waals surface area contributed by atoms with Crippen molar-refractivity contribution in [2.45, 2.75) is 26.4 Å². The Morgan fingerprint density at radius 3 is 3.00 bits per heavy atom. The molecular weight excluding hydrogens is 208 g/mol. The van der Waals surface area contributed by atoms with Gasteiger partial charge in [-0.05, 0) is 42.1 Å². The average Bonchev–Trinajstić information content (AvgIpc) is 2.73. The van der Waals surface area contributed by atoms with E-state index in [4.69, 9.17) is 6.42 Å². The summed E-state index contributed by atoms with van der Waals surface area (Å²) < 4.78 is 2.10. The molecule has 0 saturated heterocycles. The zero-order valence-electron chi connectivity index (χ0n) is 10.2. The number of benzene rings is 1. The van der Waals surface area contributed by atoms with Crippen LogP contribution in [-0.4, -0.2) is 11.1 Å². The van der Waals surface area contributed by atoms with Gasteiger partial charge in [-0.15, -0.1) is 6.42 Å². The Kier molecular flexibility index (Phi) is 3.85. The molecule has 0 spiro atoms. The van der Waals surface area contributed by atoms with Gasteiger partial charge in [0.25, 0.3) is 0 Å². The van der Waals surface area contributed by atoms with Crippen LogP contribution >= 0.6 is 0 Å². The van der Waals surface area contributed by atoms with Crippen LogP contribution in [0.15, 0.2) is 30.5 Å². The lowest BCUT2D eigenvalue weighted by Crippen LogP contribution is -2.13. The standard InChI is InChI=1S/C15H18N2/c1-3-8-16-12-13-5-6-15-14(11-13)7-10-17(15)9-4-2/h2,5-7,10-11,16H,3,8-9,12H2,1H3. The molecule has 2 heteroatoms. The third-order valence-electron chi connectivity index (χ3n) is 2.85. The molecule has 2 rings (SSSR count). The van der Waals surface area contributed by atoms with E-state index >= 15 is 0 Å². The van der Waals surface area contributed by atoms with Crippen LogP contribution in [0.5, 0.6) is 0 Å². The predicted molar refractivity (Wildman–Crippen MR) is 72.8 cm³/mol. The molecule has 0 saturated carbocycles. The summed E-state index contributed by atoms with van der Waals surface area (Å²) in [5.74, 6) is 2.67. The van der Waals surface area contributed by atoms with Gasteiger partial charge >= 0.3 is 0 Å². The number of nitrogens with zero attached hydrogens (tertiary/aromatic N) is 1. The maximum atomic E-state index is 5.34. The monoisotopic (exact) mass is 226 g/mol. The molecule has 0 unspecified atom stereocenters. The van der Waals surface area contributed by atoms with Crippen LogP contribution in [-0.2, 0) is 13.1 Å². The summed E-state index contributed by atoms with van der Waals surface area (Å²) >= 11 is 0. The molecular formula is C15H18N2. The quantitative estimate of drug-likeness (QED) is 0.613. The van der Waals surface area contributed by atoms with Crippen LogP contribution in [0.4, 0.5) is 0 Å². The second kappa shape index (κ2) is 5.56. The Labute approximate surface area is 103 Å². The fraction of sp³-hybridized carbons (Fsp3) is 0.333. The van der Waals surface area contributed by atoms with Crippen LogP contribution < -0.4 is 5.32 Å². The molecule has 0 fully saturated rings. The molecule has 0 atom stereocenters. The van der Waals surface area contributed by atoms with E-state index in [1.54, 1.807) is 0 Å². The van der Waals surface area contributed by atoms with E-state index in [1.165, 1.54) is 22.9 Å². The number of hydrogen-bond acceptors (Lipinski definition) is 1.